The Morgan fingerprint density at radius 3 is 1.95 bits per heavy atom. The molecule has 112 valence electrons. The average Bonchev–Trinajstić information content (AvgIpc) is 2.36. The molecule has 0 saturated carbocycles. The Labute approximate surface area is 144 Å². The molecule has 0 atom stereocenters. The van der Waals surface area contributed by atoms with Crippen molar-refractivity contribution in [2.75, 3.05) is 6.61 Å². The van der Waals surface area contributed by atoms with Crippen molar-refractivity contribution in [2.45, 2.75) is 77.6 Å². The van der Waals surface area contributed by atoms with Crippen LogP contribution in [0.5, 0.6) is 0 Å². The number of carbonyl (C=O) groups excluding carboxylic acids is 2. The molecule has 5 heteroatoms. The van der Waals surface area contributed by atoms with Crippen molar-refractivity contribution in [3.05, 3.63) is 0 Å². The van der Waals surface area contributed by atoms with Gasteiger partial charge in [0.05, 0.1) is 6.61 Å². The van der Waals surface area contributed by atoms with Crippen molar-refractivity contribution in [3.63, 3.8) is 0 Å². The fraction of sp³-hybridized carbons (Fsp3) is 0.867. The summed E-state index contributed by atoms with van der Waals surface area (Å²) in [5.41, 5.74) is 0. The minimum Gasteiger partial charge on any atom is -0.550 e. The second kappa shape index (κ2) is 17.0. The molecular weight excluding hydrogens is 267 g/mol. The standard InChI is InChI=1S/C15H28O4.Na/c1-2-3-4-5-6-7-8-9-13-19-15(18)12-10-11-14(16)17;/h2-13H2,1H3,(H,16,17);/q;+1/p-1. The number of esters is 1. The van der Waals surface area contributed by atoms with Crippen LogP contribution in [0.3, 0.4) is 0 Å². The number of ether oxygens (including phenoxy) is 1. The number of carboxylic acids is 1. The van der Waals surface area contributed by atoms with Crippen molar-refractivity contribution < 1.29 is 49.0 Å². The number of carbonyl (C=O) groups is 2. The van der Waals surface area contributed by atoms with Gasteiger partial charge in [0.1, 0.15) is 0 Å². The van der Waals surface area contributed by atoms with Gasteiger partial charge in [-0.15, -0.1) is 0 Å². The van der Waals surface area contributed by atoms with Crippen molar-refractivity contribution in [1.29, 1.82) is 0 Å². The zero-order valence-electron chi connectivity index (χ0n) is 13.1. The van der Waals surface area contributed by atoms with Crippen molar-refractivity contribution in [3.8, 4) is 0 Å². The third-order valence-corrected chi connectivity index (χ3v) is 3.02. The maximum atomic E-state index is 11.2. The molecular formula is C15H27NaO4. The molecule has 0 spiro atoms. The number of unbranched alkanes of at least 4 members (excludes halogenated alkanes) is 7. The van der Waals surface area contributed by atoms with Gasteiger partial charge in [-0.1, -0.05) is 51.9 Å². The van der Waals surface area contributed by atoms with Crippen LogP contribution in [-0.4, -0.2) is 18.5 Å². The molecule has 0 aliphatic rings. The summed E-state index contributed by atoms with van der Waals surface area (Å²) < 4.78 is 5.02. The van der Waals surface area contributed by atoms with Gasteiger partial charge >= 0.3 is 35.5 Å². The van der Waals surface area contributed by atoms with E-state index in [0.29, 0.717) is 13.0 Å². The Hall–Kier alpha value is -0.0600. The van der Waals surface area contributed by atoms with Gasteiger partial charge < -0.3 is 14.6 Å². The van der Waals surface area contributed by atoms with Crippen LogP contribution in [0, 0.1) is 0 Å². The average molecular weight is 294 g/mol. The largest absolute Gasteiger partial charge is 1.00 e. The molecule has 0 saturated heterocycles. The van der Waals surface area contributed by atoms with E-state index in [1.54, 1.807) is 0 Å². The first kappa shape index (κ1) is 22.2. The van der Waals surface area contributed by atoms with E-state index in [1.165, 1.54) is 38.5 Å². The summed E-state index contributed by atoms with van der Waals surface area (Å²) in [5, 5.41) is 10.1. The number of hydrogen-bond donors (Lipinski definition) is 0. The predicted octanol–water partition coefficient (Wildman–Crippen LogP) is -0.405. The van der Waals surface area contributed by atoms with Gasteiger partial charge in [0.15, 0.2) is 0 Å². The van der Waals surface area contributed by atoms with E-state index in [9.17, 15) is 14.7 Å². The van der Waals surface area contributed by atoms with Crippen molar-refractivity contribution in [1.82, 2.24) is 0 Å². The molecule has 0 aromatic heterocycles. The monoisotopic (exact) mass is 294 g/mol. The Balaban J connectivity index is 0. The molecule has 0 aliphatic heterocycles. The topological polar surface area (TPSA) is 66.4 Å². The summed E-state index contributed by atoms with van der Waals surface area (Å²) >= 11 is 0. The molecule has 0 aliphatic carbocycles. The summed E-state index contributed by atoms with van der Waals surface area (Å²) in [6.07, 6.45) is 10.1. The zero-order valence-corrected chi connectivity index (χ0v) is 15.1. The molecule has 0 aromatic rings. The van der Waals surface area contributed by atoms with Crippen LogP contribution in [0.25, 0.3) is 0 Å². The summed E-state index contributed by atoms with van der Waals surface area (Å²) in [4.78, 5) is 21.3. The maximum Gasteiger partial charge on any atom is 1.00 e. The summed E-state index contributed by atoms with van der Waals surface area (Å²) in [7, 11) is 0. The molecule has 0 amide bonds. The second-order valence-electron chi connectivity index (χ2n) is 4.92. The van der Waals surface area contributed by atoms with Gasteiger partial charge in [0.2, 0.25) is 0 Å². The summed E-state index contributed by atoms with van der Waals surface area (Å²) in [6, 6.07) is 0. The Kier molecular flexibility index (Phi) is 18.9. The Bertz CT molecular complexity index is 244. The third-order valence-electron chi connectivity index (χ3n) is 3.02. The number of aliphatic carboxylic acids is 1. The zero-order chi connectivity index (χ0) is 14.3. The van der Waals surface area contributed by atoms with Gasteiger partial charge in [0.25, 0.3) is 0 Å². The molecule has 0 N–H and O–H groups in total. The van der Waals surface area contributed by atoms with E-state index >= 15 is 0 Å². The Morgan fingerprint density at radius 2 is 1.40 bits per heavy atom. The van der Waals surface area contributed by atoms with Gasteiger partial charge in [-0.25, -0.2) is 0 Å². The molecule has 4 nitrogen and oxygen atoms in total. The van der Waals surface area contributed by atoms with Crippen LogP contribution in [0.1, 0.15) is 77.6 Å². The Morgan fingerprint density at radius 1 is 0.850 bits per heavy atom. The normalized spacial score (nSPS) is 9.85. The quantitative estimate of drug-likeness (QED) is 0.263. The minimum atomic E-state index is -1.11. The number of carboxylic acid groups (broad SMARTS) is 1. The van der Waals surface area contributed by atoms with Gasteiger partial charge in [-0.3, -0.25) is 4.79 Å². The fourth-order valence-electron chi connectivity index (χ4n) is 1.87. The van der Waals surface area contributed by atoms with Crippen LogP contribution < -0.4 is 34.7 Å². The van der Waals surface area contributed by atoms with E-state index in [1.807, 2.05) is 0 Å². The van der Waals surface area contributed by atoms with E-state index in [2.05, 4.69) is 6.92 Å². The SMILES string of the molecule is CCCCCCCCCCOC(=O)CCCC(=O)[O-].[Na+]. The molecule has 0 rings (SSSR count). The van der Waals surface area contributed by atoms with Gasteiger partial charge in [-0.2, -0.15) is 0 Å². The number of rotatable bonds is 13. The molecule has 0 heterocycles. The van der Waals surface area contributed by atoms with Gasteiger partial charge in [-0.05, 0) is 19.3 Å². The third kappa shape index (κ3) is 17.9. The molecule has 0 aromatic carbocycles. The minimum absolute atomic E-state index is 0. The molecule has 20 heavy (non-hydrogen) atoms. The van der Waals surface area contributed by atoms with Crippen molar-refractivity contribution in [2.24, 2.45) is 0 Å². The number of hydrogen-bond acceptors (Lipinski definition) is 4. The smallest absolute Gasteiger partial charge is 0.550 e. The van der Waals surface area contributed by atoms with Crippen LogP contribution in [0.2, 0.25) is 0 Å². The van der Waals surface area contributed by atoms with Gasteiger partial charge in [0, 0.05) is 12.4 Å². The van der Waals surface area contributed by atoms with E-state index in [-0.39, 0.29) is 48.4 Å². The molecule has 0 bridgehead atoms. The first-order valence-electron chi connectivity index (χ1n) is 7.52. The van der Waals surface area contributed by atoms with E-state index in [4.69, 9.17) is 4.74 Å². The summed E-state index contributed by atoms with van der Waals surface area (Å²) in [6.45, 7) is 2.67. The van der Waals surface area contributed by atoms with E-state index < -0.39 is 5.97 Å². The first-order chi connectivity index (χ1) is 9.16. The van der Waals surface area contributed by atoms with Crippen molar-refractivity contribution >= 4 is 11.9 Å². The molecule has 0 fully saturated rings. The van der Waals surface area contributed by atoms with Crippen LogP contribution in [0.4, 0.5) is 0 Å². The predicted molar refractivity (Wildman–Crippen MR) is 72.4 cm³/mol. The fourth-order valence-corrected chi connectivity index (χ4v) is 1.87. The maximum absolute atomic E-state index is 11.2. The van der Waals surface area contributed by atoms with Crippen LogP contribution >= 0.6 is 0 Å². The summed E-state index contributed by atoms with van der Waals surface area (Å²) in [5.74, 6) is -1.42. The first-order valence-corrected chi connectivity index (χ1v) is 7.52. The molecule has 0 radical (unpaired) electrons. The second-order valence-corrected chi connectivity index (χ2v) is 4.92. The van der Waals surface area contributed by atoms with Crippen LogP contribution in [-0.2, 0) is 14.3 Å². The van der Waals surface area contributed by atoms with Crippen LogP contribution in [0.15, 0.2) is 0 Å². The molecule has 0 unspecified atom stereocenters. The van der Waals surface area contributed by atoms with E-state index in [0.717, 1.165) is 12.8 Å².